The van der Waals surface area contributed by atoms with Crippen molar-refractivity contribution in [3.05, 3.63) is 11.8 Å². The van der Waals surface area contributed by atoms with Crippen LogP contribution in [0.5, 0.6) is 0 Å². The van der Waals surface area contributed by atoms with Gasteiger partial charge in [0.15, 0.2) is 5.54 Å². The molecule has 0 aromatic carbocycles. The minimum Gasteiger partial charge on any atom is -0.480 e. The van der Waals surface area contributed by atoms with Gasteiger partial charge in [-0.2, -0.15) is 0 Å². The number of aliphatic carboxylic acids is 1. The third-order valence-electron chi connectivity index (χ3n) is 4.39. The van der Waals surface area contributed by atoms with Crippen LogP contribution in [-0.2, 0) is 17.6 Å². The fourth-order valence-electron chi connectivity index (χ4n) is 2.56. The van der Waals surface area contributed by atoms with Gasteiger partial charge in [-0.25, -0.2) is 0 Å². The zero-order valence-corrected chi connectivity index (χ0v) is 15.0. The number of aromatic nitrogens is 2. The van der Waals surface area contributed by atoms with Crippen molar-refractivity contribution in [2.75, 3.05) is 6.61 Å². The number of hydrogen-bond donors (Lipinski definition) is 4. The molecule has 1 aromatic heterocycles. The number of aryl methyl sites for hydroxylation is 2. The topological polar surface area (TPSA) is 143 Å². The Morgan fingerprint density at radius 1 is 1.12 bits per heavy atom. The molecule has 0 bridgehead atoms. The molecule has 0 radical (unpaired) electrons. The molecule has 0 aliphatic heterocycles. The molecule has 2 atom stereocenters. The molecule has 0 fully saturated rings. The summed E-state index contributed by atoms with van der Waals surface area (Å²) < 4.78 is 5.50. The second-order valence-electron chi connectivity index (χ2n) is 6.52. The van der Waals surface area contributed by atoms with Gasteiger partial charge in [-0.15, -0.1) is 10.2 Å². The van der Waals surface area contributed by atoms with Gasteiger partial charge in [0.2, 0.25) is 11.8 Å². The molecule has 25 heavy (non-hydrogen) atoms. The summed E-state index contributed by atoms with van der Waals surface area (Å²) in [5, 5.41) is 35.9. The molecule has 0 saturated heterocycles. The zero-order chi connectivity index (χ0) is 18.7. The SMILES string of the molecule is CCCCCCCCCc1nnc(CCC(O)C(N)(CO)C(=O)O)o1. The summed E-state index contributed by atoms with van der Waals surface area (Å²) in [6, 6.07) is 0. The van der Waals surface area contributed by atoms with Crippen molar-refractivity contribution in [2.45, 2.75) is 82.8 Å². The number of carbonyl (C=O) groups is 1. The smallest absolute Gasteiger partial charge is 0.328 e. The fourth-order valence-corrected chi connectivity index (χ4v) is 2.56. The van der Waals surface area contributed by atoms with Crippen LogP contribution in [0.15, 0.2) is 4.42 Å². The Morgan fingerprint density at radius 2 is 1.68 bits per heavy atom. The summed E-state index contributed by atoms with van der Waals surface area (Å²) in [6.07, 6.45) is 7.95. The number of aliphatic hydroxyl groups excluding tert-OH is 2. The maximum absolute atomic E-state index is 11.0. The number of carboxylic acids is 1. The first-order valence-electron chi connectivity index (χ1n) is 9.06. The third kappa shape index (κ3) is 7.09. The number of hydrogen-bond acceptors (Lipinski definition) is 7. The monoisotopic (exact) mass is 357 g/mol. The van der Waals surface area contributed by atoms with E-state index in [1.807, 2.05) is 0 Å². The summed E-state index contributed by atoms with van der Waals surface area (Å²) in [4.78, 5) is 11.0. The van der Waals surface area contributed by atoms with Crippen molar-refractivity contribution in [3.63, 3.8) is 0 Å². The Morgan fingerprint density at radius 3 is 2.24 bits per heavy atom. The average molecular weight is 357 g/mol. The van der Waals surface area contributed by atoms with Crippen LogP contribution in [0.2, 0.25) is 0 Å². The molecule has 1 heterocycles. The Bertz CT molecular complexity index is 508. The number of carboxylic acid groups (broad SMARTS) is 1. The quantitative estimate of drug-likeness (QED) is 0.366. The molecule has 0 amide bonds. The number of rotatable bonds is 14. The summed E-state index contributed by atoms with van der Waals surface area (Å²) in [5.41, 5.74) is 3.43. The van der Waals surface area contributed by atoms with E-state index in [4.69, 9.17) is 20.4 Å². The molecule has 1 rings (SSSR count). The van der Waals surface area contributed by atoms with Crippen LogP contribution in [-0.4, -0.2) is 49.7 Å². The second-order valence-corrected chi connectivity index (χ2v) is 6.52. The number of nitrogens with zero attached hydrogens (tertiary/aromatic N) is 2. The molecule has 8 heteroatoms. The van der Waals surface area contributed by atoms with Crippen LogP contribution >= 0.6 is 0 Å². The minimum absolute atomic E-state index is 0.0163. The number of aliphatic hydroxyl groups is 2. The lowest BCUT2D eigenvalue weighted by atomic mass is 9.91. The van der Waals surface area contributed by atoms with Crippen molar-refractivity contribution in [1.29, 1.82) is 0 Å². The molecule has 8 nitrogen and oxygen atoms in total. The highest BCUT2D eigenvalue weighted by molar-refractivity contribution is 5.79. The van der Waals surface area contributed by atoms with Crippen molar-refractivity contribution in [2.24, 2.45) is 5.73 Å². The van der Waals surface area contributed by atoms with Crippen LogP contribution < -0.4 is 5.73 Å². The van der Waals surface area contributed by atoms with E-state index in [-0.39, 0.29) is 12.8 Å². The van der Waals surface area contributed by atoms with Gasteiger partial charge in [0.25, 0.3) is 0 Å². The Kier molecular flexibility index (Phi) is 9.62. The highest BCUT2D eigenvalue weighted by atomic mass is 16.4. The minimum atomic E-state index is -2.08. The maximum Gasteiger partial charge on any atom is 0.328 e. The van der Waals surface area contributed by atoms with Crippen LogP contribution in [0.25, 0.3) is 0 Å². The molecule has 2 unspecified atom stereocenters. The predicted octanol–water partition coefficient (Wildman–Crippen LogP) is 1.43. The van der Waals surface area contributed by atoms with Crippen molar-refractivity contribution >= 4 is 5.97 Å². The summed E-state index contributed by atoms with van der Waals surface area (Å²) in [5.74, 6) is -0.562. The lowest BCUT2D eigenvalue weighted by molar-refractivity contribution is -0.150. The van der Waals surface area contributed by atoms with Crippen LogP contribution in [0.4, 0.5) is 0 Å². The highest BCUT2D eigenvalue weighted by Gasteiger charge is 2.41. The molecule has 5 N–H and O–H groups in total. The maximum atomic E-state index is 11.0. The first-order chi connectivity index (χ1) is 11.9. The van der Waals surface area contributed by atoms with E-state index in [0.717, 1.165) is 19.3 Å². The molecular weight excluding hydrogens is 326 g/mol. The molecule has 1 aromatic rings. The average Bonchev–Trinajstić information content (AvgIpc) is 3.05. The molecule has 0 saturated carbocycles. The zero-order valence-electron chi connectivity index (χ0n) is 15.0. The molecule has 144 valence electrons. The highest BCUT2D eigenvalue weighted by Crippen LogP contribution is 2.15. The van der Waals surface area contributed by atoms with E-state index in [2.05, 4.69) is 17.1 Å². The summed E-state index contributed by atoms with van der Waals surface area (Å²) >= 11 is 0. The van der Waals surface area contributed by atoms with E-state index in [9.17, 15) is 9.90 Å². The Labute approximate surface area is 148 Å². The lowest BCUT2D eigenvalue weighted by Gasteiger charge is -2.27. The Balaban J connectivity index is 2.30. The number of nitrogens with two attached hydrogens (primary N) is 1. The standard InChI is InChI=1S/C17H31N3O5/c1-2-3-4-5-6-7-8-9-14-19-20-15(25-14)11-10-13(22)17(18,12-21)16(23)24/h13,21-22H,2-12,18H2,1H3,(H,23,24). The van der Waals surface area contributed by atoms with Gasteiger partial charge in [-0.3, -0.25) is 4.79 Å². The molecule has 0 aliphatic carbocycles. The van der Waals surface area contributed by atoms with Gasteiger partial charge in [0.1, 0.15) is 0 Å². The largest absolute Gasteiger partial charge is 0.480 e. The normalized spacial score (nSPS) is 15.0. The van der Waals surface area contributed by atoms with E-state index in [1.54, 1.807) is 0 Å². The second kappa shape index (κ2) is 11.2. The first kappa shape index (κ1) is 21.5. The van der Waals surface area contributed by atoms with Gasteiger partial charge in [-0.05, 0) is 12.8 Å². The van der Waals surface area contributed by atoms with Gasteiger partial charge < -0.3 is 25.5 Å². The van der Waals surface area contributed by atoms with Gasteiger partial charge in [0, 0.05) is 12.8 Å². The third-order valence-corrected chi connectivity index (χ3v) is 4.39. The van der Waals surface area contributed by atoms with Crippen LogP contribution in [0.1, 0.15) is 70.1 Å². The fraction of sp³-hybridized carbons (Fsp3) is 0.824. The first-order valence-corrected chi connectivity index (χ1v) is 9.06. The van der Waals surface area contributed by atoms with Gasteiger partial charge in [-0.1, -0.05) is 45.4 Å². The Hall–Kier alpha value is -1.51. The van der Waals surface area contributed by atoms with Gasteiger partial charge in [0.05, 0.1) is 12.7 Å². The van der Waals surface area contributed by atoms with E-state index in [0.29, 0.717) is 11.8 Å². The van der Waals surface area contributed by atoms with Crippen molar-refractivity contribution < 1.29 is 24.5 Å². The molecular formula is C17H31N3O5. The van der Waals surface area contributed by atoms with Crippen LogP contribution in [0.3, 0.4) is 0 Å². The summed E-state index contributed by atoms with van der Waals surface area (Å²) in [7, 11) is 0. The predicted molar refractivity (Wildman–Crippen MR) is 92.0 cm³/mol. The van der Waals surface area contributed by atoms with Crippen molar-refractivity contribution in [3.8, 4) is 0 Å². The molecule has 0 spiro atoms. The lowest BCUT2D eigenvalue weighted by Crippen LogP contribution is -2.60. The van der Waals surface area contributed by atoms with Gasteiger partial charge >= 0.3 is 5.97 Å². The number of unbranched alkanes of at least 4 members (excludes halogenated alkanes) is 6. The van der Waals surface area contributed by atoms with Crippen LogP contribution in [0, 0.1) is 0 Å². The van der Waals surface area contributed by atoms with Crippen molar-refractivity contribution in [1.82, 2.24) is 10.2 Å². The van der Waals surface area contributed by atoms with E-state index >= 15 is 0 Å². The molecule has 0 aliphatic rings. The van der Waals surface area contributed by atoms with E-state index < -0.39 is 24.2 Å². The summed E-state index contributed by atoms with van der Waals surface area (Å²) in [6.45, 7) is 1.35. The van der Waals surface area contributed by atoms with E-state index in [1.165, 1.54) is 32.1 Å².